The Morgan fingerprint density at radius 2 is 1.73 bits per heavy atom. The molecule has 0 amide bonds. The molecule has 0 aliphatic carbocycles. The summed E-state index contributed by atoms with van der Waals surface area (Å²) in [6.07, 6.45) is 0. The lowest BCUT2D eigenvalue weighted by molar-refractivity contribution is 0.502. The summed E-state index contributed by atoms with van der Waals surface area (Å²) in [5.41, 5.74) is 0.663. The third-order valence-corrected chi connectivity index (χ3v) is 3.58. The summed E-state index contributed by atoms with van der Waals surface area (Å²) in [5.74, 6) is -1.69. The summed E-state index contributed by atoms with van der Waals surface area (Å²) < 4.78 is 26.0. The van der Waals surface area contributed by atoms with E-state index in [2.05, 4.69) is 31.9 Å². The van der Waals surface area contributed by atoms with Gasteiger partial charge in [0, 0.05) is 4.47 Å². The molecule has 0 heterocycles. The minimum Gasteiger partial charge on any atom is -0.204 e. The zero-order valence-electron chi connectivity index (χ0n) is 5.59. The fraction of sp³-hybridized carbons (Fsp3) is 0.143. The van der Waals surface area contributed by atoms with Crippen LogP contribution in [0.3, 0.4) is 0 Å². The standard InChI is InChI=1S/C7H4Br2F2/c1-3-2-4(10)7(11)6(9)5(3)8/h2H,1H3. The number of halogens is 4. The van der Waals surface area contributed by atoms with E-state index < -0.39 is 11.6 Å². The maximum atomic E-state index is 12.7. The van der Waals surface area contributed by atoms with Gasteiger partial charge in [-0.2, -0.15) is 0 Å². The first kappa shape index (κ1) is 9.13. The molecule has 0 atom stereocenters. The van der Waals surface area contributed by atoms with Gasteiger partial charge >= 0.3 is 0 Å². The zero-order chi connectivity index (χ0) is 8.59. The minimum atomic E-state index is -0.859. The fourth-order valence-corrected chi connectivity index (χ4v) is 1.48. The molecule has 1 aromatic carbocycles. The Kier molecular flexibility index (Phi) is 2.65. The fourth-order valence-electron chi connectivity index (χ4n) is 0.691. The Balaban J connectivity index is 3.46. The van der Waals surface area contributed by atoms with Gasteiger partial charge < -0.3 is 0 Å². The van der Waals surface area contributed by atoms with Crippen LogP contribution in [0, 0.1) is 18.6 Å². The molecule has 1 rings (SSSR count). The summed E-state index contributed by atoms with van der Waals surface area (Å²) in [6.45, 7) is 1.69. The van der Waals surface area contributed by atoms with Crippen LogP contribution in [-0.4, -0.2) is 0 Å². The van der Waals surface area contributed by atoms with Gasteiger partial charge in [-0.05, 0) is 50.4 Å². The van der Waals surface area contributed by atoms with Gasteiger partial charge in [-0.3, -0.25) is 0 Å². The van der Waals surface area contributed by atoms with E-state index in [9.17, 15) is 8.78 Å². The molecule has 0 saturated heterocycles. The van der Waals surface area contributed by atoms with Crippen molar-refractivity contribution in [3.05, 3.63) is 32.2 Å². The van der Waals surface area contributed by atoms with E-state index >= 15 is 0 Å². The lowest BCUT2D eigenvalue weighted by Gasteiger charge is -2.02. The first-order valence-electron chi connectivity index (χ1n) is 2.83. The molecule has 0 spiro atoms. The van der Waals surface area contributed by atoms with Crippen molar-refractivity contribution in [2.24, 2.45) is 0 Å². The SMILES string of the molecule is Cc1cc(F)c(F)c(Br)c1Br. The van der Waals surface area contributed by atoms with Crippen molar-refractivity contribution in [1.29, 1.82) is 0 Å². The number of aryl methyl sites for hydroxylation is 1. The molecule has 0 aliphatic heterocycles. The van der Waals surface area contributed by atoms with Crippen LogP contribution in [-0.2, 0) is 0 Å². The van der Waals surface area contributed by atoms with E-state index in [1.807, 2.05) is 0 Å². The molecule has 11 heavy (non-hydrogen) atoms. The molecular formula is C7H4Br2F2. The molecular weight excluding hydrogens is 282 g/mol. The van der Waals surface area contributed by atoms with Gasteiger partial charge in [0.15, 0.2) is 11.6 Å². The topological polar surface area (TPSA) is 0 Å². The molecule has 1 aromatic rings. The van der Waals surface area contributed by atoms with Crippen molar-refractivity contribution in [1.82, 2.24) is 0 Å². The predicted octanol–water partition coefficient (Wildman–Crippen LogP) is 3.80. The normalized spacial score (nSPS) is 10.3. The van der Waals surface area contributed by atoms with E-state index in [0.717, 1.165) is 6.07 Å². The van der Waals surface area contributed by atoms with Crippen molar-refractivity contribution in [2.75, 3.05) is 0 Å². The third-order valence-electron chi connectivity index (χ3n) is 1.28. The summed E-state index contributed by atoms with van der Waals surface area (Å²) in [4.78, 5) is 0. The average molecular weight is 286 g/mol. The van der Waals surface area contributed by atoms with E-state index in [-0.39, 0.29) is 4.47 Å². The van der Waals surface area contributed by atoms with Crippen LogP contribution >= 0.6 is 31.9 Å². The molecule has 0 saturated carbocycles. The van der Waals surface area contributed by atoms with Crippen LogP contribution in [0.25, 0.3) is 0 Å². The first-order valence-corrected chi connectivity index (χ1v) is 4.42. The van der Waals surface area contributed by atoms with Crippen molar-refractivity contribution >= 4 is 31.9 Å². The summed E-state index contributed by atoms with van der Waals surface area (Å²) in [7, 11) is 0. The van der Waals surface area contributed by atoms with Gasteiger partial charge in [0.1, 0.15) is 0 Å². The van der Waals surface area contributed by atoms with E-state index in [1.165, 1.54) is 0 Å². The van der Waals surface area contributed by atoms with Gasteiger partial charge in [0.05, 0.1) is 4.47 Å². The summed E-state index contributed by atoms with van der Waals surface area (Å²) >= 11 is 6.03. The smallest absolute Gasteiger partial charge is 0.174 e. The lowest BCUT2D eigenvalue weighted by atomic mass is 10.2. The van der Waals surface area contributed by atoms with Crippen molar-refractivity contribution < 1.29 is 8.78 Å². The largest absolute Gasteiger partial charge is 0.204 e. The highest BCUT2D eigenvalue weighted by molar-refractivity contribution is 9.13. The monoisotopic (exact) mass is 284 g/mol. The van der Waals surface area contributed by atoms with E-state index in [0.29, 0.717) is 10.0 Å². The van der Waals surface area contributed by atoms with Gasteiger partial charge in [-0.1, -0.05) is 0 Å². The highest BCUT2D eigenvalue weighted by atomic mass is 79.9. The van der Waals surface area contributed by atoms with E-state index in [1.54, 1.807) is 6.92 Å². The molecule has 0 fully saturated rings. The van der Waals surface area contributed by atoms with Gasteiger partial charge in [-0.15, -0.1) is 0 Å². The van der Waals surface area contributed by atoms with Crippen LogP contribution in [0.5, 0.6) is 0 Å². The second kappa shape index (κ2) is 3.19. The zero-order valence-corrected chi connectivity index (χ0v) is 8.76. The second-order valence-corrected chi connectivity index (χ2v) is 3.70. The second-order valence-electron chi connectivity index (χ2n) is 2.12. The van der Waals surface area contributed by atoms with Crippen LogP contribution < -0.4 is 0 Å². The summed E-state index contributed by atoms with van der Waals surface area (Å²) in [5, 5.41) is 0. The van der Waals surface area contributed by atoms with Crippen LogP contribution in [0.2, 0.25) is 0 Å². The Bertz CT molecular complexity index is 271. The average Bonchev–Trinajstić information content (AvgIpc) is 1.97. The van der Waals surface area contributed by atoms with Crippen molar-refractivity contribution in [3.63, 3.8) is 0 Å². The maximum Gasteiger partial charge on any atom is 0.174 e. The molecule has 0 radical (unpaired) electrons. The summed E-state index contributed by atoms with van der Waals surface area (Å²) in [6, 6.07) is 1.14. The maximum absolute atomic E-state index is 12.7. The molecule has 60 valence electrons. The van der Waals surface area contributed by atoms with Crippen molar-refractivity contribution in [3.8, 4) is 0 Å². The molecule has 0 aliphatic rings. The van der Waals surface area contributed by atoms with Gasteiger partial charge in [0.2, 0.25) is 0 Å². The number of hydrogen-bond acceptors (Lipinski definition) is 0. The number of hydrogen-bond donors (Lipinski definition) is 0. The Morgan fingerprint density at radius 1 is 1.18 bits per heavy atom. The minimum absolute atomic E-state index is 0.134. The number of rotatable bonds is 0. The molecule has 4 heteroatoms. The molecule has 0 aromatic heterocycles. The Hall–Kier alpha value is 0.0400. The molecule has 0 unspecified atom stereocenters. The Labute approximate surface area is 79.9 Å². The van der Waals surface area contributed by atoms with Gasteiger partial charge in [-0.25, -0.2) is 8.78 Å². The highest BCUT2D eigenvalue weighted by Gasteiger charge is 2.11. The lowest BCUT2D eigenvalue weighted by Crippen LogP contribution is -1.89. The Morgan fingerprint density at radius 3 is 2.27 bits per heavy atom. The first-order chi connectivity index (χ1) is 5.04. The van der Waals surface area contributed by atoms with Crippen molar-refractivity contribution in [2.45, 2.75) is 6.92 Å². The van der Waals surface area contributed by atoms with Crippen LogP contribution in [0.4, 0.5) is 8.78 Å². The number of benzene rings is 1. The van der Waals surface area contributed by atoms with Gasteiger partial charge in [0.25, 0.3) is 0 Å². The highest BCUT2D eigenvalue weighted by Crippen LogP contribution is 2.30. The van der Waals surface area contributed by atoms with E-state index in [4.69, 9.17) is 0 Å². The predicted molar refractivity (Wildman–Crippen MR) is 46.5 cm³/mol. The van der Waals surface area contributed by atoms with Crippen LogP contribution in [0.15, 0.2) is 15.0 Å². The molecule has 0 bridgehead atoms. The molecule has 0 nitrogen and oxygen atoms in total. The third kappa shape index (κ3) is 1.62. The molecule has 0 N–H and O–H groups in total. The quantitative estimate of drug-likeness (QED) is 0.502. The van der Waals surface area contributed by atoms with Crippen LogP contribution in [0.1, 0.15) is 5.56 Å².